The SMILES string of the molecule is CCOc1ccc(OCC(=O)OCC(=O)N2CCc3ccccc32)cc1. The summed E-state index contributed by atoms with van der Waals surface area (Å²) in [6.45, 7) is 2.56. The van der Waals surface area contributed by atoms with Gasteiger partial charge in [-0.1, -0.05) is 18.2 Å². The first-order valence-corrected chi connectivity index (χ1v) is 8.57. The van der Waals surface area contributed by atoms with E-state index in [0.717, 1.165) is 23.4 Å². The van der Waals surface area contributed by atoms with E-state index in [1.807, 2.05) is 31.2 Å². The van der Waals surface area contributed by atoms with E-state index in [0.29, 0.717) is 18.9 Å². The second-order valence-electron chi connectivity index (χ2n) is 5.78. The number of esters is 1. The number of rotatable bonds is 7. The lowest BCUT2D eigenvalue weighted by molar-refractivity contribution is -0.149. The number of benzene rings is 2. The number of nitrogens with zero attached hydrogens (tertiary/aromatic N) is 1. The van der Waals surface area contributed by atoms with Crippen LogP contribution in [0.25, 0.3) is 0 Å². The van der Waals surface area contributed by atoms with Gasteiger partial charge in [0.15, 0.2) is 13.2 Å². The Balaban J connectivity index is 1.43. The summed E-state index contributed by atoms with van der Waals surface area (Å²) in [5.74, 6) is 0.452. The van der Waals surface area contributed by atoms with Crippen molar-refractivity contribution in [2.45, 2.75) is 13.3 Å². The number of ether oxygens (including phenoxy) is 3. The summed E-state index contributed by atoms with van der Waals surface area (Å²) in [6.07, 6.45) is 0.816. The maximum absolute atomic E-state index is 12.3. The van der Waals surface area contributed by atoms with Gasteiger partial charge in [-0.3, -0.25) is 4.79 Å². The molecule has 1 heterocycles. The summed E-state index contributed by atoms with van der Waals surface area (Å²) in [4.78, 5) is 25.7. The molecule has 6 heteroatoms. The Morgan fingerprint density at radius 3 is 2.38 bits per heavy atom. The summed E-state index contributed by atoms with van der Waals surface area (Å²) in [6, 6.07) is 14.7. The van der Waals surface area contributed by atoms with Gasteiger partial charge in [0.1, 0.15) is 11.5 Å². The molecule has 1 aliphatic rings. The molecule has 3 rings (SSSR count). The van der Waals surface area contributed by atoms with E-state index in [1.165, 1.54) is 0 Å². The van der Waals surface area contributed by atoms with Crippen LogP contribution >= 0.6 is 0 Å². The zero-order chi connectivity index (χ0) is 18.4. The first-order valence-electron chi connectivity index (χ1n) is 8.57. The summed E-state index contributed by atoms with van der Waals surface area (Å²) in [5.41, 5.74) is 2.02. The fourth-order valence-corrected chi connectivity index (χ4v) is 2.80. The molecule has 0 aromatic heterocycles. The lowest BCUT2D eigenvalue weighted by Crippen LogP contribution is -2.33. The lowest BCUT2D eigenvalue weighted by Gasteiger charge is -2.17. The molecule has 1 amide bonds. The summed E-state index contributed by atoms with van der Waals surface area (Å²) < 4.78 is 15.7. The summed E-state index contributed by atoms with van der Waals surface area (Å²) >= 11 is 0. The zero-order valence-electron chi connectivity index (χ0n) is 14.6. The van der Waals surface area contributed by atoms with E-state index in [1.54, 1.807) is 29.2 Å². The highest BCUT2D eigenvalue weighted by molar-refractivity contribution is 5.97. The van der Waals surface area contributed by atoms with Crippen LogP contribution in [-0.4, -0.2) is 38.2 Å². The molecule has 0 saturated carbocycles. The molecule has 0 unspecified atom stereocenters. The van der Waals surface area contributed by atoms with Gasteiger partial charge < -0.3 is 19.1 Å². The highest BCUT2D eigenvalue weighted by Crippen LogP contribution is 2.27. The van der Waals surface area contributed by atoms with Crippen molar-refractivity contribution in [3.8, 4) is 11.5 Å². The predicted octanol–water partition coefficient (Wildman–Crippen LogP) is 2.60. The molecule has 0 saturated heterocycles. The Kier molecular flexibility index (Phi) is 5.73. The molecule has 136 valence electrons. The van der Waals surface area contributed by atoms with E-state index in [9.17, 15) is 9.59 Å². The van der Waals surface area contributed by atoms with Crippen LogP contribution < -0.4 is 14.4 Å². The largest absolute Gasteiger partial charge is 0.494 e. The number of fused-ring (bicyclic) bond motifs is 1. The van der Waals surface area contributed by atoms with Gasteiger partial charge >= 0.3 is 5.97 Å². The highest BCUT2D eigenvalue weighted by atomic mass is 16.6. The predicted molar refractivity (Wildman–Crippen MR) is 96.6 cm³/mol. The first-order chi connectivity index (χ1) is 12.7. The Labute approximate surface area is 152 Å². The van der Waals surface area contributed by atoms with Crippen molar-refractivity contribution in [3.63, 3.8) is 0 Å². The van der Waals surface area contributed by atoms with Gasteiger partial charge in [-0.15, -0.1) is 0 Å². The Morgan fingerprint density at radius 1 is 0.962 bits per heavy atom. The number of amides is 1. The third-order valence-electron chi connectivity index (χ3n) is 4.04. The highest BCUT2D eigenvalue weighted by Gasteiger charge is 2.24. The van der Waals surface area contributed by atoms with Crippen molar-refractivity contribution < 1.29 is 23.8 Å². The molecule has 26 heavy (non-hydrogen) atoms. The van der Waals surface area contributed by atoms with Crippen LogP contribution in [0.15, 0.2) is 48.5 Å². The van der Waals surface area contributed by atoms with Gasteiger partial charge in [0.25, 0.3) is 5.91 Å². The number of hydrogen-bond acceptors (Lipinski definition) is 5. The number of para-hydroxylation sites is 1. The van der Waals surface area contributed by atoms with Gasteiger partial charge in [-0.25, -0.2) is 4.79 Å². The van der Waals surface area contributed by atoms with Crippen LogP contribution in [0, 0.1) is 0 Å². The Hall–Kier alpha value is -3.02. The number of carbonyl (C=O) groups excluding carboxylic acids is 2. The van der Waals surface area contributed by atoms with E-state index in [2.05, 4.69) is 0 Å². The average Bonchev–Trinajstić information content (AvgIpc) is 3.10. The standard InChI is InChI=1S/C20H21NO5/c1-2-24-16-7-9-17(10-8-16)25-14-20(23)26-13-19(22)21-12-11-15-5-3-4-6-18(15)21/h3-10H,2,11-14H2,1H3. The van der Waals surface area contributed by atoms with Crippen molar-refractivity contribution in [2.24, 2.45) is 0 Å². The second-order valence-corrected chi connectivity index (χ2v) is 5.78. The van der Waals surface area contributed by atoms with E-state index in [-0.39, 0.29) is 19.1 Å². The number of hydrogen-bond donors (Lipinski definition) is 0. The molecule has 6 nitrogen and oxygen atoms in total. The molecule has 0 radical (unpaired) electrons. The summed E-state index contributed by atoms with van der Waals surface area (Å²) in [7, 11) is 0. The molecule has 0 atom stereocenters. The quantitative estimate of drug-likeness (QED) is 0.715. The van der Waals surface area contributed by atoms with Crippen LogP contribution in [0.5, 0.6) is 11.5 Å². The minimum absolute atomic E-state index is 0.232. The molecular formula is C20H21NO5. The molecule has 2 aromatic carbocycles. The van der Waals surface area contributed by atoms with Crippen LogP contribution in [0.1, 0.15) is 12.5 Å². The van der Waals surface area contributed by atoms with Crippen molar-refractivity contribution in [1.29, 1.82) is 0 Å². The van der Waals surface area contributed by atoms with E-state index < -0.39 is 5.97 Å². The molecule has 0 spiro atoms. The fraction of sp³-hybridized carbons (Fsp3) is 0.300. The van der Waals surface area contributed by atoms with Crippen molar-refractivity contribution in [3.05, 3.63) is 54.1 Å². The zero-order valence-corrected chi connectivity index (χ0v) is 14.6. The fourth-order valence-electron chi connectivity index (χ4n) is 2.80. The third-order valence-corrected chi connectivity index (χ3v) is 4.04. The van der Waals surface area contributed by atoms with Crippen LogP contribution in [0.4, 0.5) is 5.69 Å². The second kappa shape index (κ2) is 8.38. The van der Waals surface area contributed by atoms with Crippen molar-refractivity contribution in [2.75, 3.05) is 31.3 Å². The number of carbonyl (C=O) groups is 2. The molecule has 0 aliphatic carbocycles. The van der Waals surface area contributed by atoms with Crippen LogP contribution in [0.3, 0.4) is 0 Å². The lowest BCUT2D eigenvalue weighted by atomic mass is 10.2. The Bertz CT molecular complexity index is 772. The number of anilines is 1. The van der Waals surface area contributed by atoms with Gasteiger partial charge in [-0.2, -0.15) is 0 Å². The monoisotopic (exact) mass is 355 g/mol. The molecule has 0 bridgehead atoms. The molecular weight excluding hydrogens is 334 g/mol. The molecule has 0 N–H and O–H groups in total. The summed E-state index contributed by atoms with van der Waals surface area (Å²) in [5, 5.41) is 0. The van der Waals surface area contributed by atoms with E-state index >= 15 is 0 Å². The van der Waals surface area contributed by atoms with Crippen LogP contribution in [0.2, 0.25) is 0 Å². The van der Waals surface area contributed by atoms with Gasteiger partial charge in [0, 0.05) is 12.2 Å². The maximum Gasteiger partial charge on any atom is 0.344 e. The smallest absolute Gasteiger partial charge is 0.344 e. The van der Waals surface area contributed by atoms with Crippen molar-refractivity contribution in [1.82, 2.24) is 0 Å². The normalized spacial score (nSPS) is 12.4. The molecule has 1 aliphatic heterocycles. The van der Waals surface area contributed by atoms with Crippen molar-refractivity contribution >= 4 is 17.6 Å². The minimum atomic E-state index is -0.584. The third kappa shape index (κ3) is 4.33. The average molecular weight is 355 g/mol. The molecule has 2 aromatic rings. The maximum atomic E-state index is 12.3. The van der Waals surface area contributed by atoms with Gasteiger partial charge in [-0.05, 0) is 49.2 Å². The van der Waals surface area contributed by atoms with E-state index in [4.69, 9.17) is 14.2 Å². The Morgan fingerprint density at radius 2 is 1.65 bits per heavy atom. The first kappa shape index (κ1) is 17.8. The topological polar surface area (TPSA) is 65.1 Å². The van der Waals surface area contributed by atoms with Gasteiger partial charge in [0.05, 0.1) is 6.61 Å². The molecule has 0 fully saturated rings. The van der Waals surface area contributed by atoms with Crippen LogP contribution in [-0.2, 0) is 20.7 Å². The minimum Gasteiger partial charge on any atom is -0.494 e. The van der Waals surface area contributed by atoms with Gasteiger partial charge in [0.2, 0.25) is 0 Å².